The molecule has 1 rings (SSSR count). The molecule has 0 saturated carbocycles. The molecule has 0 aromatic heterocycles. The summed E-state index contributed by atoms with van der Waals surface area (Å²) >= 11 is 16.9. The minimum Gasteiger partial charge on any atom is -0.298 e. The quantitative estimate of drug-likeness (QED) is 0.415. The standard InChI is InChI=1S/C13H16Cl3NO5S2/c14-5-1-7-23(19,20)17(24(21,22)8-2-6-15)12-4-3-11(10-18)13(16)9-12/h3-4,9-10H,1-2,5-8H2. The highest BCUT2D eigenvalue weighted by Gasteiger charge is 2.33. The minimum absolute atomic E-state index is 0.0485. The second kappa shape index (κ2) is 9.24. The molecule has 0 aliphatic rings. The van der Waals surface area contributed by atoms with Crippen molar-refractivity contribution in [1.29, 1.82) is 0 Å². The second-order valence-corrected chi connectivity index (χ2v) is 10.0. The summed E-state index contributed by atoms with van der Waals surface area (Å²) < 4.78 is 50.4. The van der Waals surface area contributed by atoms with Gasteiger partial charge in [-0.3, -0.25) is 4.79 Å². The first-order valence-electron chi connectivity index (χ1n) is 6.82. The minimum atomic E-state index is -4.19. The molecule has 0 saturated heterocycles. The fraction of sp³-hybridized carbons (Fsp3) is 0.462. The molecule has 0 unspecified atom stereocenters. The maximum absolute atomic E-state index is 12.5. The Kier molecular flexibility index (Phi) is 8.28. The van der Waals surface area contributed by atoms with Crippen LogP contribution in [0.1, 0.15) is 23.2 Å². The lowest BCUT2D eigenvalue weighted by Crippen LogP contribution is -2.40. The molecule has 0 N–H and O–H groups in total. The van der Waals surface area contributed by atoms with Gasteiger partial charge in [0.2, 0.25) is 20.0 Å². The molecule has 6 nitrogen and oxygen atoms in total. The van der Waals surface area contributed by atoms with Crippen molar-refractivity contribution in [1.82, 2.24) is 0 Å². The Morgan fingerprint density at radius 3 is 1.83 bits per heavy atom. The molecule has 0 aliphatic heterocycles. The van der Waals surface area contributed by atoms with Crippen molar-refractivity contribution in [2.45, 2.75) is 12.8 Å². The molecular formula is C13H16Cl3NO5S2. The Bertz CT molecular complexity index is 743. The van der Waals surface area contributed by atoms with Crippen molar-refractivity contribution in [2.24, 2.45) is 0 Å². The van der Waals surface area contributed by atoms with E-state index in [0.717, 1.165) is 6.07 Å². The van der Waals surface area contributed by atoms with Crippen molar-refractivity contribution < 1.29 is 21.6 Å². The highest BCUT2D eigenvalue weighted by Crippen LogP contribution is 2.28. The number of rotatable bonds is 10. The van der Waals surface area contributed by atoms with Crippen LogP contribution in [0, 0.1) is 0 Å². The van der Waals surface area contributed by atoms with Gasteiger partial charge in [0, 0.05) is 17.3 Å². The molecule has 0 bridgehead atoms. The number of nitrogens with zero attached hydrogens (tertiary/aromatic N) is 1. The number of alkyl halides is 2. The number of hydrogen-bond acceptors (Lipinski definition) is 5. The third-order valence-corrected chi connectivity index (χ3v) is 8.16. The molecule has 1 aromatic carbocycles. The molecule has 0 atom stereocenters. The molecule has 0 amide bonds. The topological polar surface area (TPSA) is 88.6 Å². The lowest BCUT2D eigenvalue weighted by molar-refractivity contribution is 0.112. The first-order chi connectivity index (χ1) is 11.2. The van der Waals surface area contributed by atoms with Crippen molar-refractivity contribution in [3.05, 3.63) is 28.8 Å². The molecule has 0 spiro atoms. The summed E-state index contributed by atoms with van der Waals surface area (Å²) in [6, 6.07) is 3.60. The van der Waals surface area contributed by atoms with E-state index in [1.807, 2.05) is 0 Å². The van der Waals surface area contributed by atoms with E-state index in [1.165, 1.54) is 12.1 Å². The van der Waals surface area contributed by atoms with E-state index in [0.29, 0.717) is 10.00 Å². The Balaban J connectivity index is 3.43. The number of halogens is 3. The molecule has 0 radical (unpaired) electrons. The third kappa shape index (κ3) is 5.49. The summed E-state index contributed by atoms with van der Waals surface area (Å²) in [6.07, 6.45) is 0.664. The first kappa shape index (κ1) is 21.5. The Hall–Kier alpha value is -0.540. The molecule has 136 valence electrons. The molecule has 1 aromatic rings. The van der Waals surface area contributed by atoms with Crippen LogP contribution in [0.25, 0.3) is 0 Å². The number of hydrogen-bond donors (Lipinski definition) is 0. The maximum Gasteiger partial charge on any atom is 0.248 e. The van der Waals surface area contributed by atoms with Crippen LogP contribution < -0.4 is 3.71 Å². The Labute approximate surface area is 156 Å². The normalized spacial score (nSPS) is 12.1. The number of carbonyl (C=O) groups is 1. The van der Waals surface area contributed by atoms with Gasteiger partial charge in [-0.1, -0.05) is 11.6 Å². The van der Waals surface area contributed by atoms with Crippen molar-refractivity contribution in [3.63, 3.8) is 0 Å². The van der Waals surface area contributed by atoms with Crippen LogP contribution in [0.15, 0.2) is 18.2 Å². The maximum atomic E-state index is 12.5. The number of anilines is 1. The number of benzene rings is 1. The summed E-state index contributed by atoms with van der Waals surface area (Å²) in [7, 11) is -8.38. The van der Waals surface area contributed by atoms with E-state index in [-0.39, 0.29) is 40.9 Å². The van der Waals surface area contributed by atoms with Crippen LogP contribution in [-0.2, 0) is 20.0 Å². The summed E-state index contributed by atoms with van der Waals surface area (Å²) in [5.74, 6) is -0.743. The molecule has 0 aliphatic carbocycles. The fourth-order valence-electron chi connectivity index (χ4n) is 1.86. The van der Waals surface area contributed by atoms with Gasteiger partial charge in [-0.2, -0.15) is 3.71 Å². The van der Waals surface area contributed by atoms with Gasteiger partial charge in [-0.25, -0.2) is 16.8 Å². The molecular weight excluding hydrogens is 421 g/mol. The zero-order chi connectivity index (χ0) is 18.4. The van der Waals surface area contributed by atoms with Gasteiger partial charge in [0.15, 0.2) is 6.29 Å². The molecule has 24 heavy (non-hydrogen) atoms. The average Bonchev–Trinajstić information content (AvgIpc) is 2.51. The summed E-state index contributed by atoms with van der Waals surface area (Å²) in [6.45, 7) is 0. The zero-order valence-electron chi connectivity index (χ0n) is 12.5. The Morgan fingerprint density at radius 2 is 1.46 bits per heavy atom. The number of aldehydes is 1. The van der Waals surface area contributed by atoms with Crippen LogP contribution in [0.5, 0.6) is 0 Å². The van der Waals surface area contributed by atoms with Crippen LogP contribution in [0.4, 0.5) is 5.69 Å². The highest BCUT2D eigenvalue weighted by molar-refractivity contribution is 8.10. The molecule has 11 heteroatoms. The van der Waals surface area contributed by atoms with E-state index in [4.69, 9.17) is 34.8 Å². The highest BCUT2D eigenvalue weighted by atomic mass is 35.5. The monoisotopic (exact) mass is 435 g/mol. The van der Waals surface area contributed by atoms with E-state index >= 15 is 0 Å². The molecule has 0 fully saturated rings. The summed E-state index contributed by atoms with van der Waals surface area (Å²) in [4.78, 5) is 10.8. The zero-order valence-corrected chi connectivity index (χ0v) is 16.4. The van der Waals surface area contributed by atoms with Gasteiger partial charge in [0.05, 0.1) is 22.2 Å². The fourth-order valence-corrected chi connectivity index (χ4v) is 6.71. The molecule has 0 heterocycles. The van der Waals surface area contributed by atoms with E-state index in [1.54, 1.807) is 0 Å². The van der Waals surface area contributed by atoms with Gasteiger partial charge in [0.25, 0.3) is 0 Å². The van der Waals surface area contributed by atoms with Gasteiger partial charge in [-0.05, 0) is 31.0 Å². The largest absolute Gasteiger partial charge is 0.298 e. The predicted molar refractivity (Wildman–Crippen MR) is 97.6 cm³/mol. The first-order valence-corrected chi connectivity index (χ1v) is 11.5. The van der Waals surface area contributed by atoms with Gasteiger partial charge >= 0.3 is 0 Å². The van der Waals surface area contributed by atoms with Crippen molar-refractivity contribution in [2.75, 3.05) is 27.0 Å². The Morgan fingerprint density at radius 1 is 0.958 bits per heavy atom. The average molecular weight is 437 g/mol. The smallest absolute Gasteiger partial charge is 0.248 e. The summed E-state index contributed by atoms with van der Waals surface area (Å²) in [5.41, 5.74) is -0.0357. The SMILES string of the molecule is O=Cc1ccc(N(S(=O)(=O)CCCCl)S(=O)(=O)CCCCl)cc1Cl. The van der Waals surface area contributed by atoms with Crippen LogP contribution >= 0.6 is 34.8 Å². The van der Waals surface area contributed by atoms with Crippen molar-refractivity contribution in [3.8, 4) is 0 Å². The third-order valence-electron chi connectivity index (χ3n) is 2.90. The lowest BCUT2D eigenvalue weighted by Gasteiger charge is -2.24. The van der Waals surface area contributed by atoms with Gasteiger partial charge < -0.3 is 0 Å². The van der Waals surface area contributed by atoms with Gasteiger partial charge in [-0.15, -0.1) is 23.2 Å². The van der Waals surface area contributed by atoms with E-state index in [9.17, 15) is 21.6 Å². The van der Waals surface area contributed by atoms with E-state index < -0.39 is 31.6 Å². The van der Waals surface area contributed by atoms with Gasteiger partial charge in [0.1, 0.15) is 0 Å². The summed E-state index contributed by atoms with van der Waals surface area (Å²) in [5, 5.41) is -0.0485. The second-order valence-electron chi connectivity index (χ2n) is 4.74. The lowest BCUT2D eigenvalue weighted by atomic mass is 10.2. The predicted octanol–water partition coefficient (Wildman–Crippen LogP) is 2.88. The van der Waals surface area contributed by atoms with Crippen LogP contribution in [-0.4, -0.2) is 46.4 Å². The van der Waals surface area contributed by atoms with Crippen LogP contribution in [0.2, 0.25) is 5.02 Å². The number of sulfonamides is 2. The van der Waals surface area contributed by atoms with Crippen LogP contribution in [0.3, 0.4) is 0 Å². The number of carbonyl (C=O) groups excluding carboxylic acids is 1. The van der Waals surface area contributed by atoms with E-state index in [2.05, 4.69) is 0 Å². The van der Waals surface area contributed by atoms with Crippen molar-refractivity contribution >= 4 is 66.8 Å².